The van der Waals surface area contributed by atoms with Crippen molar-refractivity contribution in [2.75, 3.05) is 0 Å². The maximum Gasteiger partial charge on any atom is 0.199 e. The Morgan fingerprint density at radius 1 is 0.767 bits per heavy atom. The molecule has 0 unspecified atom stereocenters. The second kappa shape index (κ2) is 6.92. The Balaban J connectivity index is 1.80. The van der Waals surface area contributed by atoms with Crippen molar-refractivity contribution in [1.82, 2.24) is 19.5 Å². The van der Waals surface area contributed by atoms with Crippen molar-refractivity contribution in [3.8, 4) is 17.1 Å². The number of imidazole rings is 1. The van der Waals surface area contributed by atoms with Gasteiger partial charge in [-0.25, -0.2) is 15.0 Å². The van der Waals surface area contributed by atoms with Gasteiger partial charge in [0.15, 0.2) is 11.3 Å². The number of nitrogens with zero attached hydrogens (tertiary/aromatic N) is 4. The van der Waals surface area contributed by atoms with Gasteiger partial charge in [-0.05, 0) is 41.3 Å². The van der Waals surface area contributed by atoms with Crippen LogP contribution in [0.15, 0.2) is 72.8 Å². The Morgan fingerprint density at radius 3 is 2.13 bits per heavy atom. The Morgan fingerprint density at radius 2 is 1.47 bits per heavy atom. The fourth-order valence-electron chi connectivity index (χ4n) is 3.63. The molecule has 0 fully saturated rings. The summed E-state index contributed by atoms with van der Waals surface area (Å²) in [5.41, 5.74) is 6.27. The monoisotopic (exact) mass is 412 g/mol. The molecular weight excluding hydrogens is 392 g/mol. The molecule has 30 heavy (non-hydrogen) atoms. The zero-order valence-electron chi connectivity index (χ0n) is 17.1. The average molecular weight is 413 g/mol. The largest absolute Gasteiger partial charge is 0.275 e. The van der Waals surface area contributed by atoms with Gasteiger partial charge >= 0.3 is 0 Å². The summed E-state index contributed by atoms with van der Waals surface area (Å²) in [7, 11) is 0. The quantitative estimate of drug-likeness (QED) is 0.328. The van der Waals surface area contributed by atoms with E-state index < -0.39 is 0 Å². The van der Waals surface area contributed by atoms with Crippen LogP contribution in [0.4, 0.5) is 0 Å². The highest BCUT2D eigenvalue weighted by molar-refractivity contribution is 6.30. The molecule has 4 nitrogen and oxygen atoms in total. The second-order valence-corrected chi connectivity index (χ2v) is 8.87. The lowest BCUT2D eigenvalue weighted by Crippen LogP contribution is -2.10. The van der Waals surface area contributed by atoms with Crippen LogP contribution in [0.5, 0.6) is 0 Å². The zero-order valence-corrected chi connectivity index (χ0v) is 17.9. The lowest BCUT2D eigenvalue weighted by molar-refractivity contribution is 0.590. The van der Waals surface area contributed by atoms with E-state index in [0.29, 0.717) is 16.3 Å². The second-order valence-electron chi connectivity index (χ2n) is 8.44. The van der Waals surface area contributed by atoms with Crippen molar-refractivity contribution in [2.24, 2.45) is 0 Å². The van der Waals surface area contributed by atoms with Crippen LogP contribution in [0, 0.1) is 0 Å². The molecule has 0 atom stereocenters. The maximum atomic E-state index is 6.31. The van der Waals surface area contributed by atoms with Gasteiger partial charge in [0.05, 0.1) is 16.7 Å². The summed E-state index contributed by atoms with van der Waals surface area (Å²) in [5, 5.41) is 0.664. The number of rotatable bonds is 2. The zero-order chi connectivity index (χ0) is 20.9. The van der Waals surface area contributed by atoms with Gasteiger partial charge in [0.2, 0.25) is 0 Å². The SMILES string of the molecule is CC(C)(C)c1ccc(-c2nc3nc4ccccc4nc3n2-c2cccc(Cl)c2)cc1. The fraction of sp³-hybridized carbons (Fsp3) is 0.160. The molecule has 0 amide bonds. The molecule has 3 aromatic carbocycles. The minimum Gasteiger partial charge on any atom is -0.275 e. The summed E-state index contributed by atoms with van der Waals surface area (Å²) in [6.07, 6.45) is 0. The van der Waals surface area contributed by atoms with Crippen LogP contribution in [0.25, 0.3) is 39.4 Å². The van der Waals surface area contributed by atoms with E-state index >= 15 is 0 Å². The Hall–Kier alpha value is -3.24. The normalized spacial score (nSPS) is 12.0. The molecule has 148 valence electrons. The Bertz CT molecular complexity index is 1380. The Labute approximate surface area is 180 Å². The fourth-order valence-corrected chi connectivity index (χ4v) is 3.81. The molecule has 0 aliphatic heterocycles. The average Bonchev–Trinajstić information content (AvgIpc) is 3.10. The standard InChI is InChI=1S/C25H21ClN4/c1-25(2,3)17-13-11-16(12-14-17)23-29-22-24(28-21-10-5-4-9-20(21)27-22)30(23)19-8-6-7-18(26)15-19/h4-15H,1-3H3. The highest BCUT2D eigenvalue weighted by Gasteiger charge is 2.19. The molecule has 0 aliphatic carbocycles. The lowest BCUT2D eigenvalue weighted by Gasteiger charge is -2.19. The van der Waals surface area contributed by atoms with E-state index in [2.05, 4.69) is 45.0 Å². The van der Waals surface area contributed by atoms with Gasteiger partial charge in [-0.15, -0.1) is 0 Å². The van der Waals surface area contributed by atoms with E-state index in [-0.39, 0.29) is 5.41 Å². The summed E-state index contributed by atoms with van der Waals surface area (Å²) >= 11 is 6.31. The van der Waals surface area contributed by atoms with Crippen LogP contribution in [0.3, 0.4) is 0 Å². The predicted octanol–water partition coefficient (Wildman–Crippen LogP) is 6.59. The third-order valence-corrected chi connectivity index (χ3v) is 5.48. The number of hydrogen-bond acceptors (Lipinski definition) is 3. The number of fused-ring (bicyclic) bond motifs is 2. The molecule has 2 aromatic heterocycles. The third kappa shape index (κ3) is 3.23. The molecule has 5 aromatic rings. The lowest BCUT2D eigenvalue weighted by atomic mass is 9.87. The van der Waals surface area contributed by atoms with Crippen molar-refractivity contribution >= 4 is 33.9 Å². The van der Waals surface area contributed by atoms with E-state index in [1.807, 2.05) is 53.1 Å². The predicted molar refractivity (Wildman–Crippen MR) is 123 cm³/mol. The number of halogens is 1. The van der Waals surface area contributed by atoms with E-state index in [9.17, 15) is 0 Å². The number of benzene rings is 3. The first-order valence-corrected chi connectivity index (χ1v) is 10.3. The van der Waals surface area contributed by atoms with Gasteiger partial charge < -0.3 is 0 Å². The summed E-state index contributed by atoms with van der Waals surface area (Å²) in [6.45, 7) is 6.63. The van der Waals surface area contributed by atoms with Crippen LogP contribution in [-0.2, 0) is 5.41 Å². The van der Waals surface area contributed by atoms with Gasteiger partial charge in [-0.3, -0.25) is 4.57 Å². The molecule has 5 rings (SSSR count). The first-order valence-electron chi connectivity index (χ1n) is 9.92. The van der Waals surface area contributed by atoms with Crippen molar-refractivity contribution in [1.29, 1.82) is 0 Å². The van der Waals surface area contributed by atoms with Crippen molar-refractivity contribution < 1.29 is 0 Å². The minimum absolute atomic E-state index is 0.0897. The first kappa shape index (κ1) is 18.8. The van der Waals surface area contributed by atoms with Gasteiger partial charge in [-0.1, -0.05) is 74.8 Å². The van der Waals surface area contributed by atoms with Crippen LogP contribution >= 0.6 is 11.6 Å². The topological polar surface area (TPSA) is 43.6 Å². The molecule has 0 bridgehead atoms. The molecule has 0 saturated carbocycles. The smallest absolute Gasteiger partial charge is 0.199 e. The van der Waals surface area contributed by atoms with Crippen molar-refractivity contribution in [2.45, 2.75) is 26.2 Å². The molecule has 2 heterocycles. The molecule has 0 radical (unpaired) electrons. The van der Waals surface area contributed by atoms with E-state index in [0.717, 1.165) is 28.1 Å². The van der Waals surface area contributed by atoms with Gasteiger partial charge in [0, 0.05) is 10.6 Å². The van der Waals surface area contributed by atoms with E-state index in [4.69, 9.17) is 26.6 Å². The molecule has 0 saturated heterocycles. The highest BCUT2D eigenvalue weighted by Crippen LogP contribution is 2.31. The molecular formula is C25H21ClN4. The third-order valence-electron chi connectivity index (χ3n) is 5.25. The summed E-state index contributed by atoms with van der Waals surface area (Å²) in [5.74, 6) is 0.794. The van der Waals surface area contributed by atoms with Crippen LogP contribution in [0.1, 0.15) is 26.3 Å². The van der Waals surface area contributed by atoms with Crippen LogP contribution in [-0.4, -0.2) is 19.5 Å². The molecule has 0 N–H and O–H groups in total. The van der Waals surface area contributed by atoms with Gasteiger partial charge in [-0.2, -0.15) is 0 Å². The number of para-hydroxylation sites is 2. The van der Waals surface area contributed by atoms with Crippen LogP contribution in [0.2, 0.25) is 5.02 Å². The van der Waals surface area contributed by atoms with E-state index in [1.165, 1.54) is 5.56 Å². The number of hydrogen-bond donors (Lipinski definition) is 0. The first-order chi connectivity index (χ1) is 14.4. The minimum atomic E-state index is 0.0897. The van der Waals surface area contributed by atoms with E-state index in [1.54, 1.807) is 0 Å². The molecule has 0 spiro atoms. The molecule has 5 heteroatoms. The summed E-state index contributed by atoms with van der Waals surface area (Å²) in [4.78, 5) is 14.5. The van der Waals surface area contributed by atoms with Crippen molar-refractivity contribution in [3.63, 3.8) is 0 Å². The number of aromatic nitrogens is 4. The van der Waals surface area contributed by atoms with Gasteiger partial charge in [0.25, 0.3) is 0 Å². The summed E-state index contributed by atoms with van der Waals surface area (Å²) in [6, 6.07) is 24.1. The van der Waals surface area contributed by atoms with Crippen LogP contribution < -0.4 is 0 Å². The van der Waals surface area contributed by atoms with Crippen molar-refractivity contribution in [3.05, 3.63) is 83.4 Å². The summed E-state index contributed by atoms with van der Waals surface area (Å²) < 4.78 is 2.03. The molecule has 0 aliphatic rings. The highest BCUT2D eigenvalue weighted by atomic mass is 35.5. The Kier molecular flexibility index (Phi) is 4.33. The maximum absolute atomic E-state index is 6.31. The van der Waals surface area contributed by atoms with Gasteiger partial charge in [0.1, 0.15) is 5.82 Å².